The fraction of sp³-hybridized carbons (Fsp3) is 0.111. The minimum atomic E-state index is -0.414. The molecule has 0 radical (unpaired) electrons. The summed E-state index contributed by atoms with van der Waals surface area (Å²) in [6.07, 6.45) is 1.53. The van der Waals surface area contributed by atoms with E-state index in [0.717, 1.165) is 0 Å². The Morgan fingerprint density at radius 1 is 1.17 bits per heavy atom. The molecule has 0 aliphatic carbocycles. The largest absolute Gasteiger partial charge is 0.462 e. The molecule has 1 heterocycles. The van der Waals surface area contributed by atoms with Gasteiger partial charge in [0.25, 0.3) is 5.91 Å². The van der Waals surface area contributed by atoms with E-state index < -0.39 is 11.8 Å². The number of nitrogens with one attached hydrogen (secondary N) is 2. The van der Waals surface area contributed by atoms with Crippen LogP contribution in [-0.2, 0) is 4.74 Å². The quantitative estimate of drug-likeness (QED) is 0.718. The smallest absolute Gasteiger partial charge is 0.338 e. The van der Waals surface area contributed by atoms with E-state index in [2.05, 4.69) is 10.3 Å². The highest BCUT2D eigenvalue weighted by atomic mass is 19.1. The van der Waals surface area contributed by atoms with Crippen molar-refractivity contribution in [3.05, 3.63) is 65.6 Å². The second kappa shape index (κ2) is 6.54. The van der Waals surface area contributed by atoms with Crippen molar-refractivity contribution >= 4 is 28.5 Å². The number of aromatic amines is 1. The van der Waals surface area contributed by atoms with Crippen molar-refractivity contribution < 1.29 is 18.7 Å². The number of rotatable bonds is 4. The highest BCUT2D eigenvalue weighted by Crippen LogP contribution is 2.21. The molecule has 0 aliphatic rings. The molecule has 0 saturated heterocycles. The average Bonchev–Trinajstić information content (AvgIpc) is 2.98. The van der Waals surface area contributed by atoms with Crippen LogP contribution in [0.4, 0.5) is 10.1 Å². The number of halogens is 1. The number of fused-ring (bicyclic) bond motifs is 1. The van der Waals surface area contributed by atoms with Gasteiger partial charge >= 0.3 is 5.97 Å². The first kappa shape index (κ1) is 15.7. The number of H-pyrrole nitrogens is 1. The van der Waals surface area contributed by atoms with Crippen molar-refractivity contribution in [1.82, 2.24) is 4.98 Å². The predicted octanol–water partition coefficient (Wildman–Crippen LogP) is 3.74. The molecule has 0 spiro atoms. The Morgan fingerprint density at radius 3 is 2.62 bits per heavy atom. The summed E-state index contributed by atoms with van der Waals surface area (Å²) in [5.74, 6) is -1.19. The molecule has 2 aromatic carbocycles. The normalized spacial score (nSPS) is 10.6. The highest BCUT2D eigenvalue weighted by molar-refractivity contribution is 6.12. The van der Waals surface area contributed by atoms with E-state index in [1.165, 1.54) is 18.3 Å². The van der Waals surface area contributed by atoms with Crippen LogP contribution in [0.5, 0.6) is 0 Å². The molecule has 2 N–H and O–H groups in total. The zero-order valence-electron chi connectivity index (χ0n) is 12.9. The topological polar surface area (TPSA) is 71.2 Å². The SMILES string of the molecule is CCOC(=O)c1ccc(NC(=O)c2c[nH]c3ccc(F)cc23)cc1. The number of amides is 1. The number of carbonyl (C=O) groups excluding carboxylic acids is 2. The number of ether oxygens (including phenoxy) is 1. The van der Waals surface area contributed by atoms with Gasteiger partial charge in [-0.15, -0.1) is 0 Å². The molecule has 0 unspecified atom stereocenters. The van der Waals surface area contributed by atoms with Crippen molar-refractivity contribution in [3.8, 4) is 0 Å². The third-order valence-electron chi connectivity index (χ3n) is 3.54. The Balaban J connectivity index is 1.79. The molecular weight excluding hydrogens is 311 g/mol. The lowest BCUT2D eigenvalue weighted by Crippen LogP contribution is -2.11. The Morgan fingerprint density at radius 2 is 1.92 bits per heavy atom. The molecule has 3 rings (SSSR count). The summed E-state index contributed by atoms with van der Waals surface area (Å²) in [6.45, 7) is 2.03. The van der Waals surface area contributed by atoms with Crippen LogP contribution in [0.15, 0.2) is 48.7 Å². The summed E-state index contributed by atoms with van der Waals surface area (Å²) >= 11 is 0. The lowest BCUT2D eigenvalue weighted by atomic mass is 10.1. The second-order valence-electron chi connectivity index (χ2n) is 5.14. The second-order valence-corrected chi connectivity index (χ2v) is 5.14. The Bertz CT molecular complexity index is 900. The van der Waals surface area contributed by atoms with Crippen LogP contribution in [0.2, 0.25) is 0 Å². The lowest BCUT2D eigenvalue weighted by Gasteiger charge is -2.06. The van der Waals surface area contributed by atoms with Gasteiger partial charge in [-0.25, -0.2) is 9.18 Å². The fourth-order valence-corrected chi connectivity index (χ4v) is 2.38. The average molecular weight is 326 g/mol. The summed E-state index contributed by atoms with van der Waals surface area (Å²) in [6, 6.07) is 10.6. The van der Waals surface area contributed by atoms with Gasteiger partial charge in [0, 0.05) is 22.8 Å². The molecule has 122 valence electrons. The standard InChI is InChI=1S/C18H15FN2O3/c1-2-24-18(23)11-3-6-13(7-4-11)21-17(22)15-10-20-16-8-5-12(19)9-14(15)16/h3-10,20H,2H2,1H3,(H,21,22). The van der Waals surface area contributed by atoms with Gasteiger partial charge in [-0.3, -0.25) is 4.79 Å². The molecule has 1 aromatic heterocycles. The minimum Gasteiger partial charge on any atom is -0.462 e. The Kier molecular flexibility index (Phi) is 4.29. The van der Waals surface area contributed by atoms with Crippen LogP contribution in [-0.4, -0.2) is 23.5 Å². The van der Waals surface area contributed by atoms with Crippen LogP contribution >= 0.6 is 0 Å². The monoisotopic (exact) mass is 326 g/mol. The molecule has 0 saturated carbocycles. The number of carbonyl (C=O) groups is 2. The first-order valence-electron chi connectivity index (χ1n) is 7.43. The number of benzene rings is 2. The number of hydrogen-bond donors (Lipinski definition) is 2. The summed E-state index contributed by atoms with van der Waals surface area (Å²) in [5.41, 5.74) is 1.96. The van der Waals surface area contributed by atoms with E-state index in [1.807, 2.05) is 0 Å². The van der Waals surface area contributed by atoms with E-state index in [4.69, 9.17) is 4.74 Å². The Labute approximate surface area is 137 Å². The van der Waals surface area contributed by atoms with Gasteiger partial charge in [0.05, 0.1) is 17.7 Å². The molecule has 0 aliphatic heterocycles. The fourth-order valence-electron chi connectivity index (χ4n) is 2.38. The van der Waals surface area contributed by atoms with Crippen molar-refractivity contribution in [2.75, 3.05) is 11.9 Å². The van der Waals surface area contributed by atoms with Crippen LogP contribution in [0.25, 0.3) is 10.9 Å². The Hall–Kier alpha value is -3.15. The maximum atomic E-state index is 13.4. The van der Waals surface area contributed by atoms with E-state index in [1.54, 1.807) is 37.3 Å². The predicted molar refractivity (Wildman–Crippen MR) is 88.6 cm³/mol. The molecule has 6 heteroatoms. The summed E-state index contributed by atoms with van der Waals surface area (Å²) in [5, 5.41) is 3.23. The van der Waals surface area contributed by atoms with Crippen LogP contribution in [0, 0.1) is 5.82 Å². The number of esters is 1. The summed E-state index contributed by atoms with van der Waals surface area (Å²) < 4.78 is 18.3. The lowest BCUT2D eigenvalue weighted by molar-refractivity contribution is 0.0526. The molecule has 1 amide bonds. The third kappa shape index (κ3) is 3.12. The molecule has 3 aromatic rings. The first-order chi connectivity index (χ1) is 11.6. The van der Waals surface area contributed by atoms with Gasteiger partial charge in [0.1, 0.15) is 5.82 Å². The van der Waals surface area contributed by atoms with Gasteiger partial charge in [0.15, 0.2) is 0 Å². The number of hydrogen-bond acceptors (Lipinski definition) is 3. The number of aromatic nitrogens is 1. The van der Waals surface area contributed by atoms with Crippen LogP contribution in [0.1, 0.15) is 27.6 Å². The maximum absolute atomic E-state index is 13.4. The van der Waals surface area contributed by atoms with E-state index in [9.17, 15) is 14.0 Å². The van der Waals surface area contributed by atoms with E-state index in [0.29, 0.717) is 34.3 Å². The van der Waals surface area contributed by atoms with Crippen molar-refractivity contribution in [2.45, 2.75) is 6.92 Å². The van der Waals surface area contributed by atoms with Crippen LogP contribution in [0.3, 0.4) is 0 Å². The zero-order chi connectivity index (χ0) is 17.1. The van der Waals surface area contributed by atoms with Gasteiger partial charge in [-0.05, 0) is 49.4 Å². The van der Waals surface area contributed by atoms with Crippen molar-refractivity contribution in [1.29, 1.82) is 0 Å². The van der Waals surface area contributed by atoms with Crippen molar-refractivity contribution in [3.63, 3.8) is 0 Å². The minimum absolute atomic E-state index is 0.300. The molecule has 24 heavy (non-hydrogen) atoms. The molecule has 0 bridgehead atoms. The molecular formula is C18H15FN2O3. The maximum Gasteiger partial charge on any atom is 0.338 e. The molecule has 0 atom stereocenters. The molecule has 0 fully saturated rings. The summed E-state index contributed by atoms with van der Waals surface area (Å²) in [7, 11) is 0. The van der Waals surface area contributed by atoms with Crippen molar-refractivity contribution in [2.24, 2.45) is 0 Å². The zero-order valence-corrected chi connectivity index (χ0v) is 12.9. The third-order valence-corrected chi connectivity index (χ3v) is 3.54. The molecule has 5 nitrogen and oxygen atoms in total. The van der Waals surface area contributed by atoms with Gasteiger partial charge in [0.2, 0.25) is 0 Å². The number of anilines is 1. The van der Waals surface area contributed by atoms with Gasteiger partial charge in [-0.1, -0.05) is 0 Å². The highest BCUT2D eigenvalue weighted by Gasteiger charge is 2.13. The van der Waals surface area contributed by atoms with E-state index >= 15 is 0 Å². The van der Waals surface area contributed by atoms with Gasteiger partial charge < -0.3 is 15.0 Å². The first-order valence-corrected chi connectivity index (χ1v) is 7.43. The van der Waals surface area contributed by atoms with Crippen LogP contribution < -0.4 is 5.32 Å². The van der Waals surface area contributed by atoms with E-state index in [-0.39, 0.29) is 5.91 Å². The summed E-state index contributed by atoms with van der Waals surface area (Å²) in [4.78, 5) is 26.9. The van der Waals surface area contributed by atoms with Gasteiger partial charge in [-0.2, -0.15) is 0 Å².